The highest BCUT2D eigenvalue weighted by atomic mass is 16.6. The van der Waals surface area contributed by atoms with Crippen molar-refractivity contribution in [3.05, 3.63) is 12.3 Å². The molecule has 18 heavy (non-hydrogen) atoms. The van der Waals surface area contributed by atoms with Crippen LogP contribution in [0.15, 0.2) is 17.3 Å². The van der Waals surface area contributed by atoms with Gasteiger partial charge in [0.2, 0.25) is 0 Å². The SMILES string of the molecule is CC(C)(C)OC(=O)N1CCCC(C2=NC=CC2)C1. The van der Waals surface area contributed by atoms with Crippen molar-refractivity contribution in [2.45, 2.75) is 45.6 Å². The number of carbonyl (C=O) groups excluding carboxylic acids is 1. The van der Waals surface area contributed by atoms with Gasteiger partial charge in [0, 0.05) is 37.3 Å². The van der Waals surface area contributed by atoms with Gasteiger partial charge in [-0.2, -0.15) is 0 Å². The number of hydrogen-bond donors (Lipinski definition) is 0. The largest absolute Gasteiger partial charge is 0.444 e. The van der Waals surface area contributed by atoms with E-state index in [0.717, 1.165) is 32.4 Å². The van der Waals surface area contributed by atoms with E-state index in [-0.39, 0.29) is 6.09 Å². The second-order valence-electron chi connectivity index (χ2n) is 5.97. The first-order chi connectivity index (χ1) is 8.46. The van der Waals surface area contributed by atoms with Crippen LogP contribution in [-0.4, -0.2) is 35.4 Å². The summed E-state index contributed by atoms with van der Waals surface area (Å²) in [6.45, 7) is 7.24. The Hall–Kier alpha value is -1.32. The molecule has 0 spiro atoms. The van der Waals surface area contributed by atoms with Crippen LogP contribution in [0.5, 0.6) is 0 Å². The molecule has 1 fully saturated rings. The summed E-state index contributed by atoms with van der Waals surface area (Å²) in [6.07, 6.45) is 6.83. The van der Waals surface area contributed by atoms with Gasteiger partial charge in [0.25, 0.3) is 0 Å². The smallest absolute Gasteiger partial charge is 0.410 e. The van der Waals surface area contributed by atoms with E-state index >= 15 is 0 Å². The molecule has 2 heterocycles. The molecule has 2 aliphatic rings. The number of rotatable bonds is 1. The fourth-order valence-corrected chi connectivity index (χ4v) is 2.39. The molecule has 0 aromatic rings. The Labute approximate surface area is 109 Å². The minimum atomic E-state index is -0.420. The van der Waals surface area contributed by atoms with E-state index in [2.05, 4.69) is 11.1 Å². The predicted molar refractivity (Wildman–Crippen MR) is 71.7 cm³/mol. The first kappa shape index (κ1) is 13.1. The molecular weight excluding hydrogens is 228 g/mol. The lowest BCUT2D eigenvalue weighted by atomic mass is 9.92. The average Bonchev–Trinajstić information content (AvgIpc) is 2.80. The molecule has 100 valence electrons. The molecule has 2 aliphatic heterocycles. The highest BCUT2D eigenvalue weighted by molar-refractivity contribution is 5.90. The number of aliphatic imine (C=N–C) groups is 1. The van der Waals surface area contributed by atoms with E-state index in [1.807, 2.05) is 31.9 Å². The fraction of sp³-hybridized carbons (Fsp3) is 0.714. The van der Waals surface area contributed by atoms with Crippen molar-refractivity contribution in [2.75, 3.05) is 13.1 Å². The van der Waals surface area contributed by atoms with E-state index in [1.165, 1.54) is 5.71 Å². The summed E-state index contributed by atoms with van der Waals surface area (Å²) in [5.41, 5.74) is 0.791. The number of carbonyl (C=O) groups is 1. The van der Waals surface area contributed by atoms with Crippen LogP contribution in [0.4, 0.5) is 4.79 Å². The number of likely N-dealkylation sites (tertiary alicyclic amines) is 1. The Kier molecular flexibility index (Phi) is 3.73. The summed E-state index contributed by atoms with van der Waals surface area (Å²) in [6, 6.07) is 0. The Balaban J connectivity index is 1.92. The zero-order valence-corrected chi connectivity index (χ0v) is 11.5. The van der Waals surface area contributed by atoms with Gasteiger partial charge >= 0.3 is 6.09 Å². The van der Waals surface area contributed by atoms with Crippen molar-refractivity contribution in [3.8, 4) is 0 Å². The quantitative estimate of drug-likeness (QED) is 0.718. The van der Waals surface area contributed by atoms with Crippen LogP contribution < -0.4 is 0 Å². The highest BCUT2D eigenvalue weighted by Gasteiger charge is 2.29. The van der Waals surface area contributed by atoms with Crippen molar-refractivity contribution in [1.82, 2.24) is 4.90 Å². The number of piperidine rings is 1. The van der Waals surface area contributed by atoms with Crippen LogP contribution in [0.1, 0.15) is 40.0 Å². The molecule has 2 rings (SSSR count). The molecule has 0 aliphatic carbocycles. The monoisotopic (exact) mass is 250 g/mol. The van der Waals surface area contributed by atoms with Crippen molar-refractivity contribution in [2.24, 2.45) is 10.9 Å². The van der Waals surface area contributed by atoms with Gasteiger partial charge < -0.3 is 9.64 Å². The summed E-state index contributed by atoms with van der Waals surface area (Å²) >= 11 is 0. The van der Waals surface area contributed by atoms with Gasteiger partial charge in [-0.1, -0.05) is 6.08 Å². The molecule has 1 unspecified atom stereocenters. The molecule has 1 saturated heterocycles. The Morgan fingerprint density at radius 2 is 2.28 bits per heavy atom. The first-order valence-corrected chi connectivity index (χ1v) is 6.65. The maximum Gasteiger partial charge on any atom is 0.410 e. The van der Waals surface area contributed by atoms with Gasteiger partial charge in [0.15, 0.2) is 0 Å². The van der Waals surface area contributed by atoms with E-state index < -0.39 is 5.60 Å². The molecule has 0 radical (unpaired) electrons. The molecule has 0 aromatic carbocycles. The normalized spacial score (nSPS) is 24.1. The van der Waals surface area contributed by atoms with Crippen molar-refractivity contribution in [3.63, 3.8) is 0 Å². The second-order valence-corrected chi connectivity index (χ2v) is 5.97. The molecule has 0 bridgehead atoms. The summed E-state index contributed by atoms with van der Waals surface area (Å²) in [7, 11) is 0. The lowest BCUT2D eigenvalue weighted by Crippen LogP contribution is -2.44. The summed E-state index contributed by atoms with van der Waals surface area (Å²) in [4.78, 5) is 18.2. The third-order valence-corrected chi connectivity index (χ3v) is 3.22. The van der Waals surface area contributed by atoms with Gasteiger partial charge in [0.1, 0.15) is 5.60 Å². The van der Waals surface area contributed by atoms with Crippen molar-refractivity contribution >= 4 is 11.8 Å². The lowest BCUT2D eigenvalue weighted by molar-refractivity contribution is 0.0193. The second kappa shape index (κ2) is 5.12. The zero-order valence-electron chi connectivity index (χ0n) is 11.5. The van der Waals surface area contributed by atoms with Crippen LogP contribution in [0.3, 0.4) is 0 Å². The van der Waals surface area contributed by atoms with Gasteiger partial charge in [-0.3, -0.25) is 4.99 Å². The molecule has 0 saturated carbocycles. The number of amides is 1. The predicted octanol–water partition coefficient (Wildman–Crippen LogP) is 2.99. The number of nitrogens with zero attached hydrogens (tertiary/aromatic N) is 2. The molecule has 0 N–H and O–H groups in total. The fourth-order valence-electron chi connectivity index (χ4n) is 2.39. The molecule has 4 nitrogen and oxygen atoms in total. The van der Waals surface area contributed by atoms with Crippen LogP contribution in [-0.2, 0) is 4.74 Å². The van der Waals surface area contributed by atoms with Gasteiger partial charge in [-0.15, -0.1) is 0 Å². The number of allylic oxidation sites excluding steroid dienone is 1. The van der Waals surface area contributed by atoms with Crippen LogP contribution in [0, 0.1) is 5.92 Å². The van der Waals surface area contributed by atoms with Crippen LogP contribution in [0.2, 0.25) is 0 Å². The van der Waals surface area contributed by atoms with E-state index in [1.54, 1.807) is 0 Å². The lowest BCUT2D eigenvalue weighted by Gasteiger charge is -2.34. The van der Waals surface area contributed by atoms with Gasteiger partial charge in [0.05, 0.1) is 0 Å². The van der Waals surface area contributed by atoms with Crippen LogP contribution in [0.25, 0.3) is 0 Å². The molecule has 1 amide bonds. The topological polar surface area (TPSA) is 41.9 Å². The molecule has 0 aromatic heterocycles. The highest BCUT2D eigenvalue weighted by Crippen LogP contribution is 2.23. The minimum Gasteiger partial charge on any atom is -0.444 e. The average molecular weight is 250 g/mol. The molecular formula is C14H22N2O2. The minimum absolute atomic E-state index is 0.196. The van der Waals surface area contributed by atoms with Crippen LogP contribution >= 0.6 is 0 Å². The molecule has 4 heteroatoms. The maximum atomic E-state index is 12.0. The zero-order chi connectivity index (χ0) is 13.2. The summed E-state index contributed by atoms with van der Waals surface area (Å²) in [5, 5.41) is 0. The Bertz CT molecular complexity index is 380. The number of ether oxygens (including phenoxy) is 1. The third-order valence-electron chi connectivity index (χ3n) is 3.22. The van der Waals surface area contributed by atoms with Gasteiger partial charge in [-0.05, 0) is 33.6 Å². The van der Waals surface area contributed by atoms with E-state index in [0.29, 0.717) is 5.92 Å². The maximum absolute atomic E-state index is 12.0. The number of hydrogen-bond acceptors (Lipinski definition) is 3. The van der Waals surface area contributed by atoms with E-state index in [9.17, 15) is 4.79 Å². The molecule has 1 atom stereocenters. The summed E-state index contributed by atoms with van der Waals surface area (Å²) < 4.78 is 5.42. The van der Waals surface area contributed by atoms with Crippen molar-refractivity contribution in [1.29, 1.82) is 0 Å². The Morgan fingerprint density at radius 3 is 2.89 bits per heavy atom. The first-order valence-electron chi connectivity index (χ1n) is 6.65. The summed E-state index contributed by atoms with van der Waals surface area (Å²) in [5.74, 6) is 0.404. The van der Waals surface area contributed by atoms with Gasteiger partial charge in [-0.25, -0.2) is 4.79 Å². The van der Waals surface area contributed by atoms with E-state index in [4.69, 9.17) is 4.74 Å². The third kappa shape index (κ3) is 3.34. The Morgan fingerprint density at radius 1 is 1.50 bits per heavy atom. The standard InChI is InChI=1S/C14H22N2O2/c1-14(2,3)18-13(17)16-9-5-6-11(10-16)12-7-4-8-15-12/h4,8,11H,5-7,9-10H2,1-3H3. The van der Waals surface area contributed by atoms with Crippen molar-refractivity contribution < 1.29 is 9.53 Å².